The molecule has 2 aliphatic rings. The van der Waals surface area contributed by atoms with E-state index < -0.39 is 0 Å². The van der Waals surface area contributed by atoms with Gasteiger partial charge in [0.25, 0.3) is 5.91 Å². The molecule has 1 unspecified atom stereocenters. The average molecular weight is 313 g/mol. The van der Waals surface area contributed by atoms with Crippen molar-refractivity contribution in [3.05, 3.63) is 42.0 Å². The Bertz CT molecular complexity index is 593. The number of hydrogen-bond acceptors (Lipinski definition) is 2. The standard InChI is InChI=1S/C20H27NO2/c1-16(2)23-18-10-5-4-9-17(18)19(22)21-14-8-13-20(15-21)11-6-3-7-12-20/h3-6,9-10,16H,7-8,11-15H2,1-2H3. The number of nitrogens with zero attached hydrogens (tertiary/aromatic N) is 1. The Morgan fingerprint density at radius 1 is 1.22 bits per heavy atom. The zero-order valence-corrected chi connectivity index (χ0v) is 14.3. The summed E-state index contributed by atoms with van der Waals surface area (Å²) in [4.78, 5) is 15.1. The van der Waals surface area contributed by atoms with Crippen LogP contribution in [0.15, 0.2) is 36.4 Å². The molecule has 1 spiro atoms. The molecule has 1 saturated heterocycles. The molecule has 1 heterocycles. The summed E-state index contributed by atoms with van der Waals surface area (Å²) < 4.78 is 5.84. The molecule has 1 aliphatic carbocycles. The lowest BCUT2D eigenvalue weighted by molar-refractivity contribution is 0.0479. The van der Waals surface area contributed by atoms with Crippen molar-refractivity contribution < 1.29 is 9.53 Å². The third kappa shape index (κ3) is 3.60. The predicted octanol–water partition coefficient (Wildman–Crippen LogP) is 4.44. The van der Waals surface area contributed by atoms with Crippen molar-refractivity contribution in [3.8, 4) is 5.75 Å². The largest absolute Gasteiger partial charge is 0.490 e. The first kappa shape index (κ1) is 16.1. The van der Waals surface area contributed by atoms with Crippen LogP contribution in [0.2, 0.25) is 0 Å². The Morgan fingerprint density at radius 2 is 2.04 bits per heavy atom. The quantitative estimate of drug-likeness (QED) is 0.772. The highest BCUT2D eigenvalue weighted by atomic mass is 16.5. The van der Waals surface area contributed by atoms with Crippen molar-refractivity contribution in [2.45, 2.75) is 52.1 Å². The topological polar surface area (TPSA) is 29.5 Å². The van der Waals surface area contributed by atoms with Gasteiger partial charge >= 0.3 is 0 Å². The van der Waals surface area contributed by atoms with Crippen molar-refractivity contribution in [2.75, 3.05) is 13.1 Å². The van der Waals surface area contributed by atoms with Crippen LogP contribution in [0.25, 0.3) is 0 Å². The van der Waals surface area contributed by atoms with E-state index >= 15 is 0 Å². The van der Waals surface area contributed by atoms with Crippen LogP contribution in [0, 0.1) is 5.41 Å². The summed E-state index contributed by atoms with van der Waals surface area (Å²) in [5.41, 5.74) is 1.00. The fourth-order valence-corrected chi connectivity index (χ4v) is 3.87. The van der Waals surface area contributed by atoms with E-state index in [0.29, 0.717) is 16.7 Å². The Balaban J connectivity index is 1.79. The summed E-state index contributed by atoms with van der Waals surface area (Å²) in [6.07, 6.45) is 10.5. The fraction of sp³-hybridized carbons (Fsp3) is 0.550. The van der Waals surface area contributed by atoms with E-state index in [1.54, 1.807) is 0 Å². The Hall–Kier alpha value is -1.77. The molecular formula is C20H27NO2. The molecule has 23 heavy (non-hydrogen) atoms. The van der Waals surface area contributed by atoms with Crippen LogP contribution in [0.3, 0.4) is 0 Å². The molecule has 1 aromatic rings. The number of rotatable bonds is 3. The molecule has 124 valence electrons. The van der Waals surface area contributed by atoms with Gasteiger partial charge in [-0.15, -0.1) is 0 Å². The number of ether oxygens (including phenoxy) is 1. The summed E-state index contributed by atoms with van der Waals surface area (Å²) in [5.74, 6) is 0.825. The molecule has 3 nitrogen and oxygen atoms in total. The first-order valence-corrected chi connectivity index (χ1v) is 8.80. The van der Waals surface area contributed by atoms with E-state index in [0.717, 1.165) is 32.4 Å². The molecule has 0 radical (unpaired) electrons. The minimum atomic E-state index is 0.0696. The van der Waals surface area contributed by atoms with Crippen molar-refractivity contribution in [3.63, 3.8) is 0 Å². The molecule has 1 aliphatic heterocycles. The highest BCUT2D eigenvalue weighted by Crippen LogP contribution is 2.41. The number of carbonyl (C=O) groups excluding carboxylic acids is 1. The van der Waals surface area contributed by atoms with Gasteiger partial charge in [0.15, 0.2) is 0 Å². The minimum Gasteiger partial charge on any atom is -0.490 e. The van der Waals surface area contributed by atoms with E-state index in [2.05, 4.69) is 12.2 Å². The fourth-order valence-electron chi connectivity index (χ4n) is 3.87. The maximum absolute atomic E-state index is 13.1. The normalized spacial score (nSPS) is 24.2. The number of para-hydroxylation sites is 1. The first-order valence-electron chi connectivity index (χ1n) is 8.80. The van der Waals surface area contributed by atoms with Crippen LogP contribution in [-0.4, -0.2) is 30.0 Å². The molecular weight excluding hydrogens is 286 g/mol. The zero-order chi connectivity index (χ0) is 16.3. The van der Waals surface area contributed by atoms with Crippen LogP contribution in [0.4, 0.5) is 0 Å². The molecule has 1 fully saturated rings. The summed E-state index contributed by atoms with van der Waals surface area (Å²) in [5, 5.41) is 0. The van der Waals surface area contributed by atoms with Crippen LogP contribution in [-0.2, 0) is 0 Å². The van der Waals surface area contributed by atoms with Crippen molar-refractivity contribution in [2.24, 2.45) is 5.41 Å². The Labute approximate surface area is 139 Å². The number of benzene rings is 1. The van der Waals surface area contributed by atoms with Crippen molar-refractivity contribution >= 4 is 5.91 Å². The highest BCUT2D eigenvalue weighted by Gasteiger charge is 2.37. The number of allylic oxidation sites excluding steroid dienone is 2. The average Bonchev–Trinajstić information content (AvgIpc) is 2.55. The van der Waals surface area contributed by atoms with Gasteiger partial charge in [0, 0.05) is 13.1 Å². The third-order valence-electron chi connectivity index (χ3n) is 4.99. The van der Waals surface area contributed by atoms with Crippen molar-refractivity contribution in [1.29, 1.82) is 0 Å². The van der Waals surface area contributed by atoms with Gasteiger partial charge in [-0.1, -0.05) is 24.3 Å². The van der Waals surface area contributed by atoms with Crippen LogP contribution >= 0.6 is 0 Å². The number of carbonyl (C=O) groups is 1. The van der Waals surface area contributed by atoms with Crippen LogP contribution in [0.1, 0.15) is 56.3 Å². The lowest BCUT2D eigenvalue weighted by Crippen LogP contribution is -2.46. The zero-order valence-electron chi connectivity index (χ0n) is 14.3. The molecule has 1 atom stereocenters. The number of hydrogen-bond donors (Lipinski definition) is 0. The van der Waals surface area contributed by atoms with Crippen LogP contribution < -0.4 is 4.74 Å². The van der Waals surface area contributed by atoms with Crippen molar-refractivity contribution in [1.82, 2.24) is 4.90 Å². The summed E-state index contributed by atoms with van der Waals surface area (Å²) in [6.45, 7) is 5.73. The number of amides is 1. The SMILES string of the molecule is CC(C)Oc1ccccc1C(=O)N1CCCC2(CC=CCC2)C1. The maximum atomic E-state index is 13.1. The van der Waals surface area contributed by atoms with Gasteiger partial charge in [0.1, 0.15) is 5.75 Å². The number of piperidine rings is 1. The monoisotopic (exact) mass is 313 g/mol. The first-order chi connectivity index (χ1) is 11.1. The van der Waals surface area contributed by atoms with Gasteiger partial charge in [0.05, 0.1) is 11.7 Å². The summed E-state index contributed by atoms with van der Waals surface area (Å²) in [7, 11) is 0. The summed E-state index contributed by atoms with van der Waals surface area (Å²) in [6, 6.07) is 7.64. The lowest BCUT2D eigenvalue weighted by atomic mass is 9.71. The van der Waals surface area contributed by atoms with E-state index in [4.69, 9.17) is 4.74 Å². The lowest BCUT2D eigenvalue weighted by Gasteiger charge is -2.44. The highest BCUT2D eigenvalue weighted by molar-refractivity contribution is 5.97. The van der Waals surface area contributed by atoms with Gasteiger partial charge in [-0.05, 0) is 63.5 Å². The second kappa shape index (κ2) is 6.77. The Morgan fingerprint density at radius 3 is 2.78 bits per heavy atom. The van der Waals surface area contributed by atoms with Crippen LogP contribution in [0.5, 0.6) is 5.75 Å². The van der Waals surface area contributed by atoms with E-state index in [1.807, 2.05) is 43.0 Å². The predicted molar refractivity (Wildman–Crippen MR) is 92.8 cm³/mol. The number of likely N-dealkylation sites (tertiary alicyclic amines) is 1. The molecule has 1 amide bonds. The van der Waals surface area contributed by atoms with Gasteiger partial charge in [-0.3, -0.25) is 4.79 Å². The molecule has 0 N–H and O–H groups in total. The Kier molecular flexibility index (Phi) is 4.74. The molecule has 3 rings (SSSR count). The van der Waals surface area contributed by atoms with E-state index in [1.165, 1.54) is 12.8 Å². The second-order valence-corrected chi connectivity index (χ2v) is 7.21. The molecule has 0 bridgehead atoms. The maximum Gasteiger partial charge on any atom is 0.257 e. The minimum absolute atomic E-state index is 0.0696. The van der Waals surface area contributed by atoms with Gasteiger partial charge in [0.2, 0.25) is 0 Å². The smallest absolute Gasteiger partial charge is 0.257 e. The summed E-state index contributed by atoms with van der Waals surface area (Å²) >= 11 is 0. The molecule has 0 saturated carbocycles. The molecule has 3 heteroatoms. The third-order valence-corrected chi connectivity index (χ3v) is 4.99. The van der Waals surface area contributed by atoms with Gasteiger partial charge in [-0.25, -0.2) is 0 Å². The molecule has 1 aromatic carbocycles. The molecule has 0 aromatic heterocycles. The van der Waals surface area contributed by atoms with E-state index in [-0.39, 0.29) is 12.0 Å². The van der Waals surface area contributed by atoms with Gasteiger partial charge < -0.3 is 9.64 Å². The van der Waals surface area contributed by atoms with Gasteiger partial charge in [-0.2, -0.15) is 0 Å². The van der Waals surface area contributed by atoms with E-state index in [9.17, 15) is 4.79 Å². The second-order valence-electron chi connectivity index (χ2n) is 7.21.